The third kappa shape index (κ3) is 2.51. The van der Waals surface area contributed by atoms with Crippen LogP contribution in [0.3, 0.4) is 0 Å². The van der Waals surface area contributed by atoms with Crippen molar-refractivity contribution in [2.24, 2.45) is 5.92 Å². The van der Waals surface area contributed by atoms with Crippen LogP contribution >= 0.6 is 11.6 Å². The highest BCUT2D eigenvalue weighted by Gasteiger charge is 2.25. The SMILES string of the molecule is C#CCn1ncc(Cl)c(NC2CCCC2C)c1=O. The fraction of sp³-hybridized carbons (Fsp3) is 0.538. The van der Waals surface area contributed by atoms with Crippen molar-refractivity contribution in [3.63, 3.8) is 0 Å². The number of hydrogen-bond donors (Lipinski definition) is 1. The Balaban J connectivity index is 2.29. The molecule has 1 fully saturated rings. The van der Waals surface area contributed by atoms with Gasteiger partial charge in [-0.15, -0.1) is 6.42 Å². The van der Waals surface area contributed by atoms with E-state index in [2.05, 4.69) is 23.3 Å². The summed E-state index contributed by atoms with van der Waals surface area (Å²) in [5.41, 5.74) is 0.167. The molecular weight excluding hydrogens is 250 g/mol. The van der Waals surface area contributed by atoms with E-state index in [4.69, 9.17) is 18.0 Å². The highest BCUT2D eigenvalue weighted by Crippen LogP contribution is 2.28. The molecule has 96 valence electrons. The lowest BCUT2D eigenvalue weighted by molar-refractivity contribution is 0.553. The van der Waals surface area contributed by atoms with Crippen molar-refractivity contribution >= 4 is 17.3 Å². The molecule has 1 saturated carbocycles. The van der Waals surface area contributed by atoms with E-state index in [1.807, 2.05) is 0 Å². The molecule has 18 heavy (non-hydrogen) atoms. The van der Waals surface area contributed by atoms with Crippen LogP contribution < -0.4 is 10.9 Å². The zero-order chi connectivity index (χ0) is 13.1. The van der Waals surface area contributed by atoms with Crippen molar-refractivity contribution in [2.75, 3.05) is 5.32 Å². The Morgan fingerprint density at radius 1 is 1.67 bits per heavy atom. The lowest BCUT2D eigenvalue weighted by atomic mass is 10.1. The number of aromatic nitrogens is 2. The average Bonchev–Trinajstić information content (AvgIpc) is 2.74. The van der Waals surface area contributed by atoms with Crippen LogP contribution in [0.25, 0.3) is 0 Å². The van der Waals surface area contributed by atoms with Crippen molar-refractivity contribution in [3.05, 3.63) is 21.6 Å². The normalized spacial score (nSPS) is 22.7. The maximum absolute atomic E-state index is 12.1. The Morgan fingerprint density at radius 3 is 3.06 bits per heavy atom. The van der Waals surface area contributed by atoms with Gasteiger partial charge in [0.25, 0.3) is 5.56 Å². The van der Waals surface area contributed by atoms with Crippen molar-refractivity contribution in [1.82, 2.24) is 9.78 Å². The molecule has 0 aromatic carbocycles. The van der Waals surface area contributed by atoms with E-state index >= 15 is 0 Å². The highest BCUT2D eigenvalue weighted by atomic mass is 35.5. The number of hydrogen-bond acceptors (Lipinski definition) is 3. The predicted octanol–water partition coefficient (Wildman–Crippen LogP) is 2.13. The van der Waals surface area contributed by atoms with Gasteiger partial charge in [0.2, 0.25) is 0 Å². The van der Waals surface area contributed by atoms with Gasteiger partial charge in [-0.05, 0) is 18.8 Å². The number of halogens is 1. The molecule has 0 bridgehead atoms. The number of nitrogens with one attached hydrogen (secondary N) is 1. The number of nitrogens with zero attached hydrogens (tertiary/aromatic N) is 2. The van der Waals surface area contributed by atoms with E-state index < -0.39 is 0 Å². The van der Waals surface area contributed by atoms with E-state index in [0.29, 0.717) is 22.7 Å². The van der Waals surface area contributed by atoms with Crippen LogP contribution in [0.1, 0.15) is 26.2 Å². The minimum atomic E-state index is -0.250. The van der Waals surface area contributed by atoms with Crippen LogP contribution in [0.4, 0.5) is 5.69 Å². The molecule has 2 unspecified atom stereocenters. The van der Waals surface area contributed by atoms with E-state index in [0.717, 1.165) is 6.42 Å². The van der Waals surface area contributed by atoms with Gasteiger partial charge in [0.1, 0.15) is 12.2 Å². The van der Waals surface area contributed by atoms with Gasteiger partial charge >= 0.3 is 0 Å². The van der Waals surface area contributed by atoms with E-state index in [1.165, 1.54) is 23.7 Å². The first-order valence-corrected chi connectivity index (χ1v) is 6.47. The minimum Gasteiger partial charge on any atom is -0.376 e. The Kier molecular flexibility index (Phi) is 3.93. The summed E-state index contributed by atoms with van der Waals surface area (Å²) in [5.74, 6) is 2.95. The van der Waals surface area contributed by atoms with Gasteiger partial charge in [0.05, 0.1) is 11.2 Å². The molecule has 0 radical (unpaired) electrons. The summed E-state index contributed by atoms with van der Waals surface area (Å²) in [7, 11) is 0. The van der Waals surface area contributed by atoms with Gasteiger partial charge in [-0.25, -0.2) is 4.68 Å². The van der Waals surface area contributed by atoms with E-state index in [-0.39, 0.29) is 12.1 Å². The third-order valence-corrected chi connectivity index (χ3v) is 3.72. The summed E-state index contributed by atoms with van der Waals surface area (Å²) in [4.78, 5) is 12.1. The molecule has 2 rings (SSSR count). The fourth-order valence-electron chi connectivity index (χ4n) is 2.34. The zero-order valence-electron chi connectivity index (χ0n) is 10.3. The van der Waals surface area contributed by atoms with Crippen LogP contribution in [0.2, 0.25) is 5.02 Å². The Labute approximate surface area is 111 Å². The number of anilines is 1. The summed E-state index contributed by atoms with van der Waals surface area (Å²) in [5, 5.41) is 7.52. The smallest absolute Gasteiger partial charge is 0.292 e. The van der Waals surface area contributed by atoms with E-state index in [1.54, 1.807) is 0 Å². The van der Waals surface area contributed by atoms with Crippen LogP contribution in [0.15, 0.2) is 11.0 Å². The van der Waals surface area contributed by atoms with Crippen molar-refractivity contribution < 1.29 is 0 Å². The summed E-state index contributed by atoms with van der Waals surface area (Å²) in [6, 6.07) is 0.303. The van der Waals surface area contributed by atoms with Gasteiger partial charge < -0.3 is 5.32 Å². The quantitative estimate of drug-likeness (QED) is 0.852. The summed E-state index contributed by atoms with van der Waals surface area (Å²) < 4.78 is 1.24. The molecule has 0 spiro atoms. The summed E-state index contributed by atoms with van der Waals surface area (Å²) in [6.07, 6.45) is 10.1. The molecule has 2 atom stereocenters. The Bertz CT molecular complexity index is 532. The molecule has 1 aliphatic rings. The number of terminal acetylenes is 1. The van der Waals surface area contributed by atoms with Gasteiger partial charge in [-0.1, -0.05) is 30.9 Å². The standard InChI is InChI=1S/C13H16ClN3O/c1-3-7-17-13(18)12(10(14)8-15-17)16-11-6-4-5-9(11)2/h1,8-9,11,16H,4-7H2,2H3. The fourth-order valence-corrected chi connectivity index (χ4v) is 2.52. The topological polar surface area (TPSA) is 46.9 Å². The molecule has 5 heteroatoms. The van der Waals surface area contributed by atoms with Crippen molar-refractivity contribution in [2.45, 2.75) is 38.8 Å². The number of rotatable bonds is 3. The molecule has 0 aliphatic heterocycles. The first kappa shape index (κ1) is 13.0. The predicted molar refractivity (Wildman–Crippen MR) is 72.8 cm³/mol. The van der Waals surface area contributed by atoms with Gasteiger partial charge in [0, 0.05) is 6.04 Å². The molecule has 1 heterocycles. The van der Waals surface area contributed by atoms with Gasteiger partial charge in [-0.2, -0.15) is 5.10 Å². The van der Waals surface area contributed by atoms with Crippen LogP contribution in [0, 0.1) is 18.3 Å². The lowest BCUT2D eigenvalue weighted by Crippen LogP contribution is -2.31. The summed E-state index contributed by atoms with van der Waals surface area (Å²) >= 11 is 6.04. The minimum absolute atomic E-state index is 0.158. The molecule has 0 amide bonds. The second-order valence-corrected chi connectivity index (χ2v) is 5.10. The van der Waals surface area contributed by atoms with Gasteiger partial charge in [0.15, 0.2) is 0 Å². The zero-order valence-corrected chi connectivity index (χ0v) is 11.1. The summed E-state index contributed by atoms with van der Waals surface area (Å²) in [6.45, 7) is 2.34. The van der Waals surface area contributed by atoms with Crippen LogP contribution in [-0.4, -0.2) is 15.8 Å². The second-order valence-electron chi connectivity index (χ2n) is 4.69. The van der Waals surface area contributed by atoms with Crippen LogP contribution in [-0.2, 0) is 6.54 Å². The highest BCUT2D eigenvalue weighted by molar-refractivity contribution is 6.33. The maximum atomic E-state index is 12.1. The molecule has 1 aromatic heterocycles. The monoisotopic (exact) mass is 265 g/mol. The molecule has 4 nitrogen and oxygen atoms in total. The Morgan fingerprint density at radius 2 is 2.44 bits per heavy atom. The Hall–Kier alpha value is -1.47. The molecule has 0 saturated heterocycles. The van der Waals surface area contributed by atoms with Crippen molar-refractivity contribution in [3.8, 4) is 12.3 Å². The molecule has 1 aromatic rings. The van der Waals surface area contributed by atoms with Crippen molar-refractivity contribution in [1.29, 1.82) is 0 Å². The molecule has 1 N–H and O–H groups in total. The second kappa shape index (κ2) is 5.45. The first-order chi connectivity index (χ1) is 8.63. The average molecular weight is 266 g/mol. The maximum Gasteiger partial charge on any atom is 0.292 e. The lowest BCUT2D eigenvalue weighted by Gasteiger charge is -2.19. The van der Waals surface area contributed by atoms with Gasteiger partial charge in [-0.3, -0.25) is 4.79 Å². The van der Waals surface area contributed by atoms with E-state index in [9.17, 15) is 4.79 Å². The van der Waals surface area contributed by atoms with Crippen LogP contribution in [0.5, 0.6) is 0 Å². The molecular formula is C13H16ClN3O. The molecule has 1 aliphatic carbocycles. The largest absolute Gasteiger partial charge is 0.376 e. The first-order valence-electron chi connectivity index (χ1n) is 6.09. The third-order valence-electron chi connectivity index (χ3n) is 3.43.